The molecular weight excluding hydrogens is 422 g/mol. The number of aliphatic hydroxyl groups is 3. The Morgan fingerprint density at radius 3 is 2.61 bits per heavy atom. The van der Waals surface area contributed by atoms with Gasteiger partial charge in [0.2, 0.25) is 0 Å². The van der Waals surface area contributed by atoms with Crippen molar-refractivity contribution >= 4 is 5.97 Å². The average molecular weight is 464 g/mol. The molecule has 4 aliphatic rings. The van der Waals surface area contributed by atoms with Crippen molar-refractivity contribution in [2.45, 2.75) is 96.5 Å². The number of hydrogen-bond donors (Lipinski definition) is 3. The molecule has 4 fully saturated rings. The summed E-state index contributed by atoms with van der Waals surface area (Å²) in [5.74, 6) is 1.02. The van der Waals surface area contributed by atoms with Crippen molar-refractivity contribution in [1.82, 2.24) is 0 Å². The number of aliphatic hydroxyl groups excluding tert-OH is 2. The molecule has 0 saturated heterocycles. The van der Waals surface area contributed by atoms with Crippen LogP contribution in [0.1, 0.15) is 78.6 Å². The van der Waals surface area contributed by atoms with Crippen molar-refractivity contribution in [3.8, 4) is 0 Å². The molecule has 0 unspecified atom stereocenters. The summed E-state index contributed by atoms with van der Waals surface area (Å²) in [4.78, 5) is 14.6. The van der Waals surface area contributed by atoms with Gasteiger partial charge in [0.15, 0.2) is 0 Å². The maximum absolute atomic E-state index is 11.7. The smallest absolute Gasteiger partial charge is 0.305 e. The third-order valence-electron chi connectivity index (χ3n) is 10.8. The number of methoxy groups -OCH3 is 1. The molecule has 0 bridgehead atoms. The van der Waals surface area contributed by atoms with E-state index in [4.69, 9.17) is 10.3 Å². The first-order valence-electron chi connectivity index (χ1n) is 12.7. The lowest BCUT2D eigenvalue weighted by Crippen LogP contribution is -2.63. The van der Waals surface area contributed by atoms with Crippen LogP contribution in [0.4, 0.5) is 0 Å². The maximum Gasteiger partial charge on any atom is 0.305 e. The molecule has 11 atom stereocenters. The Morgan fingerprint density at radius 2 is 1.94 bits per heavy atom. The SMILES string of the molecule is COC(=O)CC[C@@H](C)[C@H]1CC[C@H]2[C@@H]3[C@H](O)C[C@@H]4C[C@@](O)(N=[N+]=[N-])CC[C@]4(C)[C@H]3C[C@H](O)[C@]12C. The number of esters is 1. The lowest BCUT2D eigenvalue weighted by Gasteiger charge is -2.64. The lowest BCUT2D eigenvalue weighted by atomic mass is 9.42. The van der Waals surface area contributed by atoms with Crippen LogP contribution in [0.2, 0.25) is 0 Å². The van der Waals surface area contributed by atoms with Gasteiger partial charge in [0.1, 0.15) is 5.72 Å². The van der Waals surface area contributed by atoms with E-state index in [0.717, 1.165) is 25.7 Å². The number of carbonyl (C=O) groups excluding carboxylic acids is 1. The van der Waals surface area contributed by atoms with E-state index < -0.39 is 17.9 Å². The number of ether oxygens (including phenoxy) is 1. The highest BCUT2D eigenvalue weighted by atomic mass is 16.5. The minimum Gasteiger partial charge on any atom is -0.469 e. The summed E-state index contributed by atoms with van der Waals surface area (Å²) in [6.07, 6.45) is 4.99. The van der Waals surface area contributed by atoms with E-state index in [1.54, 1.807) is 0 Å². The second-order valence-electron chi connectivity index (χ2n) is 12.1. The molecule has 4 aliphatic carbocycles. The fourth-order valence-electron chi connectivity index (χ4n) is 8.95. The average Bonchev–Trinajstić information content (AvgIpc) is 3.12. The van der Waals surface area contributed by atoms with Crippen LogP contribution in [-0.2, 0) is 9.53 Å². The van der Waals surface area contributed by atoms with Crippen molar-refractivity contribution in [3.63, 3.8) is 0 Å². The van der Waals surface area contributed by atoms with Crippen molar-refractivity contribution in [2.75, 3.05) is 7.11 Å². The van der Waals surface area contributed by atoms with Crippen molar-refractivity contribution in [3.05, 3.63) is 10.4 Å². The highest BCUT2D eigenvalue weighted by Gasteiger charge is 2.66. The Kier molecular flexibility index (Phi) is 6.54. The maximum atomic E-state index is 11.7. The summed E-state index contributed by atoms with van der Waals surface area (Å²) in [5, 5.41) is 37.5. The van der Waals surface area contributed by atoms with Crippen LogP contribution >= 0.6 is 0 Å². The first-order chi connectivity index (χ1) is 15.5. The van der Waals surface area contributed by atoms with Gasteiger partial charge in [-0.1, -0.05) is 25.9 Å². The molecule has 186 valence electrons. The van der Waals surface area contributed by atoms with Gasteiger partial charge in [-0.15, -0.1) is 0 Å². The molecule has 8 nitrogen and oxygen atoms in total. The largest absolute Gasteiger partial charge is 0.469 e. The number of rotatable bonds is 5. The van der Waals surface area contributed by atoms with E-state index >= 15 is 0 Å². The molecule has 0 spiro atoms. The molecule has 4 saturated carbocycles. The van der Waals surface area contributed by atoms with Gasteiger partial charge in [0.05, 0.1) is 19.3 Å². The highest BCUT2D eigenvalue weighted by Crippen LogP contribution is 2.69. The summed E-state index contributed by atoms with van der Waals surface area (Å²) < 4.78 is 4.83. The van der Waals surface area contributed by atoms with Gasteiger partial charge in [0, 0.05) is 11.3 Å². The zero-order valence-electron chi connectivity index (χ0n) is 20.5. The number of hydrogen-bond acceptors (Lipinski definition) is 6. The second-order valence-corrected chi connectivity index (χ2v) is 12.1. The fraction of sp³-hybridized carbons (Fsp3) is 0.960. The first-order valence-corrected chi connectivity index (χ1v) is 12.7. The summed E-state index contributed by atoms with van der Waals surface area (Å²) >= 11 is 0. The van der Waals surface area contributed by atoms with Gasteiger partial charge in [-0.2, -0.15) is 0 Å². The van der Waals surface area contributed by atoms with Crippen molar-refractivity contribution < 1.29 is 24.9 Å². The van der Waals surface area contributed by atoms with Gasteiger partial charge < -0.3 is 20.1 Å². The third-order valence-corrected chi connectivity index (χ3v) is 10.8. The van der Waals surface area contributed by atoms with Crippen LogP contribution in [0.3, 0.4) is 0 Å². The predicted octanol–water partition coefficient (Wildman–Crippen LogP) is 4.18. The van der Waals surface area contributed by atoms with Crippen LogP contribution in [0.25, 0.3) is 10.4 Å². The van der Waals surface area contributed by atoms with Gasteiger partial charge in [-0.3, -0.25) is 4.79 Å². The van der Waals surface area contributed by atoms with Crippen molar-refractivity contribution in [1.29, 1.82) is 0 Å². The first kappa shape index (κ1) is 24.8. The Labute approximate surface area is 196 Å². The van der Waals surface area contributed by atoms with Crippen molar-refractivity contribution in [2.24, 2.45) is 51.5 Å². The molecule has 0 aromatic carbocycles. The third kappa shape index (κ3) is 3.87. The fourth-order valence-corrected chi connectivity index (χ4v) is 8.95. The minimum atomic E-state index is -1.37. The number of fused-ring (bicyclic) bond motifs is 5. The molecule has 3 N–H and O–H groups in total. The Bertz CT molecular complexity index is 818. The molecule has 0 aromatic rings. The van der Waals surface area contributed by atoms with Crippen LogP contribution in [0, 0.1) is 46.3 Å². The van der Waals surface area contributed by atoms with Gasteiger partial charge >= 0.3 is 5.97 Å². The Hall–Kier alpha value is -1.34. The molecule has 4 rings (SSSR count). The van der Waals surface area contributed by atoms with Gasteiger partial charge in [0.25, 0.3) is 0 Å². The second kappa shape index (κ2) is 8.71. The Balaban J connectivity index is 1.58. The summed E-state index contributed by atoms with van der Waals surface area (Å²) in [7, 11) is 1.42. The zero-order valence-corrected chi connectivity index (χ0v) is 20.5. The van der Waals surface area contributed by atoms with E-state index in [2.05, 4.69) is 30.8 Å². The van der Waals surface area contributed by atoms with E-state index in [9.17, 15) is 20.1 Å². The minimum absolute atomic E-state index is 0.0609. The summed E-state index contributed by atoms with van der Waals surface area (Å²) in [6, 6.07) is 0. The summed E-state index contributed by atoms with van der Waals surface area (Å²) in [5.41, 5.74) is 7.14. The molecule has 0 heterocycles. The molecular formula is C25H41N3O5. The highest BCUT2D eigenvalue weighted by molar-refractivity contribution is 5.69. The summed E-state index contributed by atoms with van der Waals surface area (Å²) in [6.45, 7) is 6.66. The van der Waals surface area contributed by atoms with E-state index in [-0.39, 0.29) is 40.5 Å². The van der Waals surface area contributed by atoms with Crippen LogP contribution in [0.5, 0.6) is 0 Å². The molecule has 0 aliphatic heterocycles. The molecule has 33 heavy (non-hydrogen) atoms. The monoisotopic (exact) mass is 463 g/mol. The quantitative estimate of drug-likeness (QED) is 0.243. The molecule has 8 heteroatoms. The standard InChI is InChI=1S/C25H41N3O5/c1-14(5-8-21(31)33-4)16-6-7-17-22-18(12-20(30)24(16,17)3)23(2)9-10-25(32,27-28-26)13-15(23)11-19(22)29/h14-20,22,29-30,32H,5-13H2,1-4H3/t14-,15-,16-,17+,18+,19-,20+,22+,23+,24-,25-/m1/s1. The van der Waals surface area contributed by atoms with Crippen LogP contribution in [0.15, 0.2) is 5.11 Å². The van der Waals surface area contributed by atoms with Crippen LogP contribution < -0.4 is 0 Å². The van der Waals surface area contributed by atoms with E-state index in [1.807, 2.05) is 0 Å². The lowest BCUT2D eigenvalue weighted by molar-refractivity contribution is -0.215. The van der Waals surface area contributed by atoms with E-state index in [0.29, 0.717) is 43.9 Å². The van der Waals surface area contributed by atoms with Gasteiger partial charge in [-0.25, -0.2) is 0 Å². The van der Waals surface area contributed by atoms with E-state index in [1.165, 1.54) is 7.11 Å². The predicted molar refractivity (Wildman–Crippen MR) is 123 cm³/mol. The Morgan fingerprint density at radius 1 is 1.21 bits per heavy atom. The number of nitrogens with zero attached hydrogens (tertiary/aromatic N) is 3. The number of carbonyl (C=O) groups is 1. The molecule has 0 aromatic heterocycles. The normalized spacial score (nSPS) is 49.7. The number of azide groups is 1. The zero-order chi connectivity index (χ0) is 24.2. The molecule has 0 radical (unpaired) electrons. The van der Waals surface area contributed by atoms with Gasteiger partial charge in [-0.05, 0) is 103 Å². The van der Waals surface area contributed by atoms with Crippen LogP contribution in [-0.4, -0.2) is 46.3 Å². The molecule has 0 amide bonds. The topological polar surface area (TPSA) is 136 Å².